The summed E-state index contributed by atoms with van der Waals surface area (Å²) in [4.78, 5) is 14.0. The zero-order valence-corrected chi connectivity index (χ0v) is 11.9. The number of likely N-dealkylation sites (N-methyl/N-ethyl adjacent to an activating group) is 1. The Labute approximate surface area is 120 Å². The Hall–Kier alpha value is -2.13. The highest BCUT2D eigenvalue weighted by Gasteiger charge is 2.19. The highest BCUT2D eigenvalue weighted by molar-refractivity contribution is 5.82. The average Bonchev–Trinajstić information content (AvgIpc) is 2.49. The summed E-state index contributed by atoms with van der Waals surface area (Å²) in [6.07, 6.45) is 0. The molecule has 0 saturated carbocycles. The fourth-order valence-corrected chi connectivity index (χ4v) is 2.09. The molecule has 2 aromatic carbocycles. The summed E-state index contributed by atoms with van der Waals surface area (Å²) < 4.78 is 0. The van der Waals surface area contributed by atoms with Gasteiger partial charge in [-0.25, -0.2) is 0 Å². The standard InChI is InChI=1S/C17H20N2O/c1-13-8-10-14(11-9-13)12-19(2)17(20)16(18)15-6-4-3-5-7-15/h3-11,16H,12,18H2,1-2H3/t16-/m0/s1. The van der Waals surface area contributed by atoms with Gasteiger partial charge in [0.25, 0.3) is 0 Å². The second-order valence-electron chi connectivity index (χ2n) is 5.07. The van der Waals surface area contributed by atoms with Crippen molar-refractivity contribution in [1.82, 2.24) is 4.90 Å². The lowest BCUT2D eigenvalue weighted by molar-refractivity contribution is -0.131. The van der Waals surface area contributed by atoms with Crippen molar-refractivity contribution in [3.63, 3.8) is 0 Å². The monoisotopic (exact) mass is 268 g/mol. The Morgan fingerprint density at radius 3 is 2.30 bits per heavy atom. The van der Waals surface area contributed by atoms with Crippen molar-refractivity contribution in [3.05, 3.63) is 71.3 Å². The number of benzene rings is 2. The van der Waals surface area contributed by atoms with Crippen molar-refractivity contribution in [2.75, 3.05) is 7.05 Å². The molecule has 0 aromatic heterocycles. The molecule has 0 bridgehead atoms. The van der Waals surface area contributed by atoms with Crippen LogP contribution in [0.3, 0.4) is 0 Å². The van der Waals surface area contributed by atoms with Crippen LogP contribution in [0.25, 0.3) is 0 Å². The molecule has 2 aromatic rings. The Morgan fingerprint density at radius 2 is 1.70 bits per heavy atom. The summed E-state index contributed by atoms with van der Waals surface area (Å²) in [5.74, 6) is -0.0724. The molecule has 0 unspecified atom stereocenters. The Balaban J connectivity index is 2.03. The third-order valence-corrected chi connectivity index (χ3v) is 3.34. The maximum atomic E-state index is 12.3. The van der Waals surface area contributed by atoms with E-state index in [9.17, 15) is 4.79 Å². The van der Waals surface area contributed by atoms with E-state index >= 15 is 0 Å². The van der Waals surface area contributed by atoms with Gasteiger partial charge in [-0.05, 0) is 18.1 Å². The highest BCUT2D eigenvalue weighted by atomic mass is 16.2. The molecule has 0 radical (unpaired) electrons. The van der Waals surface area contributed by atoms with Crippen molar-refractivity contribution in [3.8, 4) is 0 Å². The smallest absolute Gasteiger partial charge is 0.244 e. The normalized spacial score (nSPS) is 11.9. The van der Waals surface area contributed by atoms with Gasteiger partial charge in [0.2, 0.25) is 5.91 Å². The van der Waals surface area contributed by atoms with E-state index in [0.29, 0.717) is 6.54 Å². The summed E-state index contributed by atoms with van der Waals surface area (Å²) >= 11 is 0. The lowest BCUT2D eigenvalue weighted by Gasteiger charge is -2.21. The molecule has 0 aliphatic rings. The zero-order chi connectivity index (χ0) is 14.5. The van der Waals surface area contributed by atoms with Gasteiger partial charge < -0.3 is 10.6 Å². The molecule has 2 rings (SSSR count). The molecule has 1 atom stereocenters. The summed E-state index contributed by atoms with van der Waals surface area (Å²) in [6, 6.07) is 17.0. The van der Waals surface area contributed by atoms with Gasteiger partial charge in [0.15, 0.2) is 0 Å². The number of amides is 1. The number of nitrogens with two attached hydrogens (primary N) is 1. The van der Waals surface area contributed by atoms with Gasteiger partial charge in [0.1, 0.15) is 6.04 Å². The number of carbonyl (C=O) groups excluding carboxylic acids is 1. The molecule has 0 aliphatic carbocycles. The zero-order valence-electron chi connectivity index (χ0n) is 11.9. The summed E-state index contributed by atoms with van der Waals surface area (Å²) in [5, 5.41) is 0. The topological polar surface area (TPSA) is 46.3 Å². The third kappa shape index (κ3) is 3.45. The van der Waals surface area contributed by atoms with Crippen LogP contribution in [0, 0.1) is 6.92 Å². The van der Waals surface area contributed by atoms with Crippen LogP contribution in [0.4, 0.5) is 0 Å². The second-order valence-corrected chi connectivity index (χ2v) is 5.07. The third-order valence-electron chi connectivity index (χ3n) is 3.34. The van der Waals surface area contributed by atoms with Crippen molar-refractivity contribution >= 4 is 5.91 Å². The van der Waals surface area contributed by atoms with Crippen LogP contribution in [0.1, 0.15) is 22.7 Å². The fourth-order valence-electron chi connectivity index (χ4n) is 2.09. The lowest BCUT2D eigenvalue weighted by Crippen LogP contribution is -2.35. The van der Waals surface area contributed by atoms with Crippen LogP contribution in [0.5, 0.6) is 0 Å². The minimum atomic E-state index is -0.605. The lowest BCUT2D eigenvalue weighted by atomic mass is 10.1. The van der Waals surface area contributed by atoms with Crippen LogP contribution < -0.4 is 5.73 Å². The van der Waals surface area contributed by atoms with Gasteiger partial charge in [-0.3, -0.25) is 4.79 Å². The van der Waals surface area contributed by atoms with E-state index in [4.69, 9.17) is 5.73 Å². The number of carbonyl (C=O) groups is 1. The second kappa shape index (κ2) is 6.35. The predicted octanol–water partition coefficient (Wildman–Crippen LogP) is 2.65. The van der Waals surface area contributed by atoms with E-state index in [0.717, 1.165) is 11.1 Å². The molecule has 104 valence electrons. The van der Waals surface area contributed by atoms with Gasteiger partial charge in [-0.1, -0.05) is 60.2 Å². The first-order valence-corrected chi connectivity index (χ1v) is 6.69. The van der Waals surface area contributed by atoms with Crippen LogP contribution >= 0.6 is 0 Å². The van der Waals surface area contributed by atoms with E-state index in [1.54, 1.807) is 11.9 Å². The number of nitrogens with zero attached hydrogens (tertiary/aromatic N) is 1. The molecule has 0 saturated heterocycles. The maximum Gasteiger partial charge on any atom is 0.244 e. The van der Waals surface area contributed by atoms with E-state index in [1.165, 1.54) is 5.56 Å². The van der Waals surface area contributed by atoms with Crippen LogP contribution in [-0.4, -0.2) is 17.9 Å². The number of hydrogen-bond donors (Lipinski definition) is 1. The SMILES string of the molecule is Cc1ccc(CN(C)C(=O)[C@@H](N)c2ccccc2)cc1. The first-order valence-electron chi connectivity index (χ1n) is 6.69. The van der Waals surface area contributed by atoms with Crippen molar-refractivity contribution in [2.24, 2.45) is 5.73 Å². The van der Waals surface area contributed by atoms with E-state index in [2.05, 4.69) is 0 Å². The Morgan fingerprint density at radius 1 is 1.10 bits per heavy atom. The number of rotatable bonds is 4. The molecule has 3 heteroatoms. The van der Waals surface area contributed by atoms with Gasteiger partial charge in [0.05, 0.1) is 0 Å². The molecule has 0 fully saturated rings. The van der Waals surface area contributed by atoms with Crippen molar-refractivity contribution in [1.29, 1.82) is 0 Å². The predicted molar refractivity (Wildman–Crippen MR) is 81.0 cm³/mol. The minimum absolute atomic E-state index is 0.0724. The van der Waals surface area contributed by atoms with Crippen LogP contribution in [0.15, 0.2) is 54.6 Å². The molecule has 2 N–H and O–H groups in total. The molecule has 1 amide bonds. The fraction of sp³-hybridized carbons (Fsp3) is 0.235. The quantitative estimate of drug-likeness (QED) is 0.926. The van der Waals surface area contributed by atoms with Crippen LogP contribution in [-0.2, 0) is 11.3 Å². The summed E-state index contributed by atoms with van der Waals surface area (Å²) in [7, 11) is 1.78. The van der Waals surface area contributed by atoms with Crippen LogP contribution in [0.2, 0.25) is 0 Å². The average molecular weight is 268 g/mol. The van der Waals surface area contributed by atoms with E-state index in [1.807, 2.05) is 61.5 Å². The summed E-state index contributed by atoms with van der Waals surface area (Å²) in [5.41, 5.74) is 9.18. The number of hydrogen-bond acceptors (Lipinski definition) is 2. The number of aryl methyl sites for hydroxylation is 1. The molecular weight excluding hydrogens is 248 g/mol. The molecule has 20 heavy (non-hydrogen) atoms. The first-order chi connectivity index (χ1) is 9.58. The van der Waals surface area contributed by atoms with Gasteiger partial charge in [0, 0.05) is 13.6 Å². The highest BCUT2D eigenvalue weighted by Crippen LogP contribution is 2.14. The Bertz CT molecular complexity index is 563. The largest absolute Gasteiger partial charge is 0.340 e. The Kier molecular flexibility index (Phi) is 4.53. The van der Waals surface area contributed by atoms with E-state index < -0.39 is 6.04 Å². The molecule has 0 aliphatic heterocycles. The van der Waals surface area contributed by atoms with Gasteiger partial charge in [-0.15, -0.1) is 0 Å². The maximum absolute atomic E-state index is 12.3. The van der Waals surface area contributed by atoms with Gasteiger partial charge >= 0.3 is 0 Å². The molecular formula is C17H20N2O. The molecule has 0 spiro atoms. The minimum Gasteiger partial charge on any atom is -0.340 e. The van der Waals surface area contributed by atoms with Crippen molar-refractivity contribution < 1.29 is 4.79 Å². The van der Waals surface area contributed by atoms with E-state index in [-0.39, 0.29) is 5.91 Å². The molecule has 0 heterocycles. The molecule has 3 nitrogen and oxygen atoms in total. The summed E-state index contributed by atoms with van der Waals surface area (Å²) in [6.45, 7) is 2.61. The first kappa shape index (κ1) is 14.3. The van der Waals surface area contributed by atoms with Crippen molar-refractivity contribution in [2.45, 2.75) is 19.5 Å². The van der Waals surface area contributed by atoms with Gasteiger partial charge in [-0.2, -0.15) is 0 Å².